The standard InChI is InChI=1S/C7H11N3/c8-6-1-2-10-5-9-4-7(10)3-6/h4-6H,1-3,8H2/t6-/m1/s1. The summed E-state index contributed by atoms with van der Waals surface area (Å²) in [4.78, 5) is 4.05. The van der Waals surface area contributed by atoms with Crippen molar-refractivity contribution < 1.29 is 0 Å². The summed E-state index contributed by atoms with van der Waals surface area (Å²) in [5, 5.41) is 0. The Labute approximate surface area is 59.9 Å². The van der Waals surface area contributed by atoms with Crippen LogP contribution in [0.15, 0.2) is 12.5 Å². The van der Waals surface area contributed by atoms with E-state index in [1.54, 1.807) is 0 Å². The van der Waals surface area contributed by atoms with E-state index in [9.17, 15) is 0 Å². The first-order valence-corrected chi connectivity index (χ1v) is 3.61. The molecule has 1 aromatic rings. The van der Waals surface area contributed by atoms with E-state index in [0.717, 1.165) is 19.4 Å². The summed E-state index contributed by atoms with van der Waals surface area (Å²) in [5.41, 5.74) is 7.04. The van der Waals surface area contributed by atoms with Gasteiger partial charge in [-0.15, -0.1) is 0 Å². The number of nitrogens with two attached hydrogens (primary N) is 1. The van der Waals surface area contributed by atoms with Gasteiger partial charge in [0.05, 0.1) is 6.33 Å². The van der Waals surface area contributed by atoms with E-state index in [2.05, 4.69) is 9.55 Å². The van der Waals surface area contributed by atoms with E-state index >= 15 is 0 Å². The van der Waals surface area contributed by atoms with Crippen LogP contribution in [0.4, 0.5) is 0 Å². The number of hydrogen-bond acceptors (Lipinski definition) is 2. The molecule has 1 aliphatic heterocycles. The zero-order valence-electron chi connectivity index (χ0n) is 5.83. The normalized spacial score (nSPS) is 24.3. The third-order valence-corrected chi connectivity index (χ3v) is 2.01. The largest absolute Gasteiger partial charge is 0.334 e. The molecular weight excluding hydrogens is 126 g/mol. The van der Waals surface area contributed by atoms with Crippen LogP contribution < -0.4 is 5.73 Å². The zero-order valence-corrected chi connectivity index (χ0v) is 5.83. The molecule has 0 aromatic carbocycles. The molecule has 0 radical (unpaired) electrons. The monoisotopic (exact) mass is 137 g/mol. The summed E-state index contributed by atoms with van der Waals surface area (Å²) >= 11 is 0. The van der Waals surface area contributed by atoms with Gasteiger partial charge < -0.3 is 10.3 Å². The molecule has 1 aliphatic rings. The first-order chi connectivity index (χ1) is 4.86. The number of aryl methyl sites for hydroxylation is 1. The summed E-state index contributed by atoms with van der Waals surface area (Å²) in [6, 6.07) is 0.351. The lowest BCUT2D eigenvalue weighted by Crippen LogP contribution is -2.30. The lowest BCUT2D eigenvalue weighted by Gasteiger charge is -2.19. The molecule has 10 heavy (non-hydrogen) atoms. The van der Waals surface area contributed by atoms with E-state index in [4.69, 9.17) is 5.73 Å². The molecule has 1 aromatic heterocycles. The summed E-state index contributed by atoms with van der Waals surface area (Å²) in [6.45, 7) is 1.04. The molecule has 0 aliphatic carbocycles. The molecule has 1 atom stereocenters. The van der Waals surface area contributed by atoms with Gasteiger partial charge in [0.1, 0.15) is 0 Å². The van der Waals surface area contributed by atoms with Gasteiger partial charge in [0.25, 0.3) is 0 Å². The Bertz CT molecular complexity index is 229. The van der Waals surface area contributed by atoms with Crippen LogP contribution >= 0.6 is 0 Å². The predicted octanol–water partition coefficient (Wildman–Crippen LogP) is 0.157. The lowest BCUT2D eigenvalue weighted by atomic mass is 10.1. The van der Waals surface area contributed by atoms with Crippen molar-refractivity contribution in [3.63, 3.8) is 0 Å². The molecule has 2 heterocycles. The number of rotatable bonds is 0. The van der Waals surface area contributed by atoms with E-state index < -0.39 is 0 Å². The summed E-state index contributed by atoms with van der Waals surface area (Å²) < 4.78 is 2.17. The Balaban J connectivity index is 2.30. The number of imidazole rings is 1. The van der Waals surface area contributed by atoms with Crippen molar-refractivity contribution in [1.29, 1.82) is 0 Å². The predicted molar refractivity (Wildman–Crippen MR) is 38.5 cm³/mol. The molecule has 2 N–H and O–H groups in total. The van der Waals surface area contributed by atoms with Gasteiger partial charge in [0, 0.05) is 30.9 Å². The fraction of sp³-hybridized carbons (Fsp3) is 0.571. The molecule has 0 unspecified atom stereocenters. The summed E-state index contributed by atoms with van der Waals surface area (Å²) in [5.74, 6) is 0. The SMILES string of the molecule is N[C@@H]1CCn2cncc2C1. The van der Waals surface area contributed by atoms with Crippen molar-refractivity contribution in [1.82, 2.24) is 9.55 Å². The van der Waals surface area contributed by atoms with Crippen LogP contribution in [0.5, 0.6) is 0 Å². The number of hydrogen-bond donors (Lipinski definition) is 1. The zero-order chi connectivity index (χ0) is 6.97. The molecule has 2 rings (SSSR count). The van der Waals surface area contributed by atoms with Gasteiger partial charge in [-0.25, -0.2) is 4.98 Å². The topological polar surface area (TPSA) is 43.8 Å². The van der Waals surface area contributed by atoms with Crippen LogP contribution in [0.3, 0.4) is 0 Å². The Morgan fingerprint density at radius 3 is 3.50 bits per heavy atom. The van der Waals surface area contributed by atoms with Gasteiger partial charge in [-0.05, 0) is 6.42 Å². The molecular formula is C7H11N3. The number of fused-ring (bicyclic) bond motifs is 1. The minimum absolute atomic E-state index is 0.351. The molecule has 3 nitrogen and oxygen atoms in total. The van der Waals surface area contributed by atoms with Crippen LogP contribution in [0.2, 0.25) is 0 Å². The van der Waals surface area contributed by atoms with Gasteiger partial charge in [0.15, 0.2) is 0 Å². The molecule has 0 amide bonds. The Morgan fingerprint density at radius 1 is 1.70 bits per heavy atom. The van der Waals surface area contributed by atoms with Crippen molar-refractivity contribution in [2.24, 2.45) is 5.73 Å². The van der Waals surface area contributed by atoms with Crippen molar-refractivity contribution in [2.75, 3.05) is 0 Å². The molecule has 54 valence electrons. The Hall–Kier alpha value is -0.830. The smallest absolute Gasteiger partial charge is 0.0948 e. The van der Waals surface area contributed by atoms with E-state index in [-0.39, 0.29) is 0 Å². The minimum Gasteiger partial charge on any atom is -0.334 e. The molecule has 3 heteroatoms. The Morgan fingerprint density at radius 2 is 2.60 bits per heavy atom. The highest BCUT2D eigenvalue weighted by atomic mass is 15.1. The number of aromatic nitrogens is 2. The van der Waals surface area contributed by atoms with Crippen molar-refractivity contribution in [2.45, 2.75) is 25.4 Å². The average molecular weight is 137 g/mol. The first kappa shape index (κ1) is 5.92. The van der Waals surface area contributed by atoms with Crippen molar-refractivity contribution in [3.8, 4) is 0 Å². The highest BCUT2D eigenvalue weighted by molar-refractivity contribution is 5.03. The van der Waals surface area contributed by atoms with Crippen molar-refractivity contribution >= 4 is 0 Å². The number of nitrogens with zero attached hydrogens (tertiary/aromatic N) is 2. The van der Waals surface area contributed by atoms with Crippen molar-refractivity contribution in [3.05, 3.63) is 18.2 Å². The quantitative estimate of drug-likeness (QED) is 0.553. The van der Waals surface area contributed by atoms with E-state index in [0.29, 0.717) is 6.04 Å². The summed E-state index contributed by atoms with van der Waals surface area (Å²) in [6.07, 6.45) is 5.85. The van der Waals surface area contributed by atoms with Gasteiger partial charge >= 0.3 is 0 Å². The molecule has 0 bridgehead atoms. The highest BCUT2D eigenvalue weighted by Gasteiger charge is 2.13. The fourth-order valence-corrected chi connectivity index (χ4v) is 1.40. The maximum atomic E-state index is 5.77. The van der Waals surface area contributed by atoms with E-state index in [1.165, 1.54) is 5.69 Å². The van der Waals surface area contributed by atoms with Gasteiger partial charge in [-0.3, -0.25) is 0 Å². The van der Waals surface area contributed by atoms with Gasteiger partial charge in [-0.2, -0.15) is 0 Å². The summed E-state index contributed by atoms with van der Waals surface area (Å²) in [7, 11) is 0. The van der Waals surface area contributed by atoms with Gasteiger partial charge in [0.2, 0.25) is 0 Å². The second-order valence-electron chi connectivity index (χ2n) is 2.83. The third-order valence-electron chi connectivity index (χ3n) is 2.01. The molecule has 0 saturated carbocycles. The molecule has 0 fully saturated rings. The third kappa shape index (κ3) is 0.827. The van der Waals surface area contributed by atoms with Crippen LogP contribution in [-0.2, 0) is 13.0 Å². The minimum atomic E-state index is 0.351. The van der Waals surface area contributed by atoms with Crippen LogP contribution in [0, 0.1) is 0 Å². The second-order valence-corrected chi connectivity index (χ2v) is 2.83. The lowest BCUT2D eigenvalue weighted by molar-refractivity contribution is 0.471. The molecule has 0 spiro atoms. The Kier molecular flexibility index (Phi) is 1.24. The first-order valence-electron chi connectivity index (χ1n) is 3.61. The maximum Gasteiger partial charge on any atom is 0.0948 e. The highest BCUT2D eigenvalue weighted by Crippen LogP contribution is 2.11. The van der Waals surface area contributed by atoms with Crippen LogP contribution in [-0.4, -0.2) is 15.6 Å². The van der Waals surface area contributed by atoms with Crippen LogP contribution in [0.1, 0.15) is 12.1 Å². The maximum absolute atomic E-state index is 5.77. The van der Waals surface area contributed by atoms with Crippen LogP contribution in [0.25, 0.3) is 0 Å². The molecule has 0 saturated heterocycles. The van der Waals surface area contributed by atoms with E-state index in [1.807, 2.05) is 12.5 Å². The average Bonchev–Trinajstić information content (AvgIpc) is 2.33. The van der Waals surface area contributed by atoms with Gasteiger partial charge in [-0.1, -0.05) is 0 Å². The second kappa shape index (κ2) is 2.09. The fourth-order valence-electron chi connectivity index (χ4n) is 1.40.